The third-order valence-electron chi connectivity index (χ3n) is 5.42. The van der Waals surface area contributed by atoms with Gasteiger partial charge in [0.25, 0.3) is 0 Å². The first kappa shape index (κ1) is 16.1. The van der Waals surface area contributed by atoms with Gasteiger partial charge in [-0.1, -0.05) is 12.1 Å². The summed E-state index contributed by atoms with van der Waals surface area (Å²) < 4.78 is 0. The molecular weight excluding hydrogens is 336 g/mol. The first-order valence-electron chi connectivity index (χ1n) is 9.29. The minimum absolute atomic E-state index is 0.903. The van der Waals surface area contributed by atoms with Crippen LogP contribution in [-0.2, 0) is 0 Å². The molecular formula is C21H22N6. The third kappa shape index (κ3) is 2.88. The molecule has 6 heteroatoms. The van der Waals surface area contributed by atoms with Gasteiger partial charge in [-0.25, -0.2) is 4.98 Å². The van der Waals surface area contributed by atoms with E-state index in [4.69, 9.17) is 0 Å². The Labute approximate surface area is 157 Å². The summed E-state index contributed by atoms with van der Waals surface area (Å²) in [6.45, 7) is 4.38. The molecule has 1 fully saturated rings. The molecule has 136 valence electrons. The van der Waals surface area contributed by atoms with Crippen molar-refractivity contribution in [2.75, 3.05) is 38.1 Å². The van der Waals surface area contributed by atoms with E-state index in [1.807, 2.05) is 24.8 Å². The third-order valence-corrected chi connectivity index (χ3v) is 5.42. The van der Waals surface area contributed by atoms with Crippen LogP contribution in [0, 0.1) is 0 Å². The molecule has 1 aliphatic rings. The monoisotopic (exact) mass is 358 g/mol. The molecule has 0 atom stereocenters. The molecule has 6 nitrogen and oxygen atoms in total. The zero-order valence-corrected chi connectivity index (χ0v) is 15.3. The smallest absolute Gasteiger partial charge is 0.137 e. The van der Waals surface area contributed by atoms with Crippen molar-refractivity contribution in [3.05, 3.63) is 55.1 Å². The Morgan fingerprint density at radius 2 is 1.74 bits per heavy atom. The maximum absolute atomic E-state index is 4.57. The summed E-state index contributed by atoms with van der Waals surface area (Å²) in [6.07, 6.45) is 7.63. The number of pyridine rings is 1. The van der Waals surface area contributed by atoms with E-state index in [2.05, 4.69) is 67.3 Å². The van der Waals surface area contributed by atoms with Crippen LogP contribution in [0.1, 0.15) is 0 Å². The normalized spacial score (nSPS) is 15.5. The number of likely N-dealkylation sites (N-methyl/N-ethyl adjacent to an activating group) is 1. The molecule has 2 N–H and O–H groups in total. The van der Waals surface area contributed by atoms with E-state index < -0.39 is 0 Å². The van der Waals surface area contributed by atoms with Gasteiger partial charge in [-0.15, -0.1) is 0 Å². The largest absolute Gasteiger partial charge is 0.369 e. The van der Waals surface area contributed by atoms with Crippen molar-refractivity contribution < 1.29 is 0 Å². The van der Waals surface area contributed by atoms with Crippen LogP contribution in [0.25, 0.3) is 33.3 Å². The summed E-state index contributed by atoms with van der Waals surface area (Å²) in [7, 11) is 2.18. The van der Waals surface area contributed by atoms with Gasteiger partial charge in [-0.05, 0) is 30.8 Å². The SMILES string of the molecule is CN1CCN(c2ccc(-c3c(-c4cn[nH]c4)cnc4[nH]ccc34)cc2)CC1. The molecule has 0 unspecified atom stereocenters. The van der Waals surface area contributed by atoms with Crippen LogP contribution in [0.3, 0.4) is 0 Å². The number of aromatic nitrogens is 4. The maximum atomic E-state index is 4.57. The van der Waals surface area contributed by atoms with Gasteiger partial charge in [-0.2, -0.15) is 5.10 Å². The van der Waals surface area contributed by atoms with Gasteiger partial charge in [0, 0.05) is 72.5 Å². The van der Waals surface area contributed by atoms with Gasteiger partial charge in [-0.3, -0.25) is 5.10 Å². The maximum Gasteiger partial charge on any atom is 0.137 e. The van der Waals surface area contributed by atoms with Crippen LogP contribution in [0.5, 0.6) is 0 Å². The summed E-state index contributed by atoms with van der Waals surface area (Å²) >= 11 is 0. The molecule has 0 bridgehead atoms. The topological polar surface area (TPSA) is 63.8 Å². The van der Waals surface area contributed by atoms with Gasteiger partial charge in [0.2, 0.25) is 0 Å². The standard InChI is InChI=1S/C21H22N6/c1-26-8-10-27(11-9-26)17-4-2-15(3-5-17)20-18-6-7-22-21(18)23-14-19(20)16-12-24-25-13-16/h2-7,12-14H,8-11H2,1H3,(H,22,23)(H,24,25). The Kier molecular flexibility index (Phi) is 3.90. The number of nitrogens with one attached hydrogen (secondary N) is 2. The van der Waals surface area contributed by atoms with Gasteiger partial charge >= 0.3 is 0 Å². The molecule has 0 spiro atoms. The van der Waals surface area contributed by atoms with Crippen LogP contribution < -0.4 is 4.90 Å². The van der Waals surface area contributed by atoms with Gasteiger partial charge < -0.3 is 14.8 Å². The first-order valence-corrected chi connectivity index (χ1v) is 9.29. The molecule has 0 saturated carbocycles. The average Bonchev–Trinajstić information content (AvgIpc) is 3.40. The van der Waals surface area contributed by atoms with Crippen molar-refractivity contribution in [1.82, 2.24) is 25.1 Å². The Bertz CT molecular complexity index is 1040. The summed E-state index contributed by atoms with van der Waals surface area (Å²) in [5.41, 5.74) is 6.70. The Hall–Kier alpha value is -3.12. The van der Waals surface area contributed by atoms with Crippen molar-refractivity contribution in [3.8, 4) is 22.3 Å². The Balaban J connectivity index is 1.57. The highest BCUT2D eigenvalue weighted by atomic mass is 15.2. The number of hydrogen-bond acceptors (Lipinski definition) is 4. The number of anilines is 1. The predicted molar refractivity (Wildman–Crippen MR) is 109 cm³/mol. The summed E-state index contributed by atoms with van der Waals surface area (Å²) in [5, 5.41) is 8.15. The minimum Gasteiger partial charge on any atom is -0.369 e. The second kappa shape index (κ2) is 6.55. The second-order valence-electron chi connectivity index (χ2n) is 7.11. The molecule has 4 heterocycles. The molecule has 0 amide bonds. The quantitative estimate of drug-likeness (QED) is 0.589. The van der Waals surface area contributed by atoms with Crippen LogP contribution in [0.2, 0.25) is 0 Å². The lowest BCUT2D eigenvalue weighted by atomic mass is 9.95. The highest BCUT2D eigenvalue weighted by molar-refractivity contribution is 6.01. The Morgan fingerprint density at radius 1 is 0.926 bits per heavy atom. The van der Waals surface area contributed by atoms with Gasteiger partial charge in [0.15, 0.2) is 0 Å². The van der Waals surface area contributed by atoms with E-state index in [9.17, 15) is 0 Å². The van der Waals surface area contributed by atoms with E-state index in [0.29, 0.717) is 0 Å². The molecule has 5 rings (SSSR count). The van der Waals surface area contributed by atoms with Crippen LogP contribution >= 0.6 is 0 Å². The molecule has 1 saturated heterocycles. The number of aromatic amines is 2. The summed E-state index contributed by atoms with van der Waals surface area (Å²) in [6, 6.07) is 11.0. The molecule has 0 radical (unpaired) electrons. The predicted octanol–water partition coefficient (Wildman–Crippen LogP) is 3.37. The van der Waals surface area contributed by atoms with E-state index in [0.717, 1.165) is 48.3 Å². The molecule has 1 aromatic carbocycles. The number of hydrogen-bond donors (Lipinski definition) is 2. The highest BCUT2D eigenvalue weighted by Gasteiger charge is 2.17. The highest BCUT2D eigenvalue weighted by Crippen LogP contribution is 2.37. The van der Waals surface area contributed by atoms with Crippen molar-refractivity contribution in [1.29, 1.82) is 0 Å². The molecule has 0 aliphatic carbocycles. The van der Waals surface area contributed by atoms with E-state index in [1.54, 1.807) is 0 Å². The second-order valence-corrected chi connectivity index (χ2v) is 7.11. The number of fused-ring (bicyclic) bond motifs is 1. The Morgan fingerprint density at radius 3 is 2.48 bits per heavy atom. The minimum atomic E-state index is 0.903. The van der Waals surface area contributed by atoms with Crippen LogP contribution in [-0.4, -0.2) is 58.3 Å². The number of piperazine rings is 1. The fourth-order valence-electron chi connectivity index (χ4n) is 3.84. The lowest BCUT2D eigenvalue weighted by Gasteiger charge is -2.34. The fourth-order valence-corrected chi connectivity index (χ4v) is 3.84. The van der Waals surface area contributed by atoms with Crippen molar-refractivity contribution in [3.63, 3.8) is 0 Å². The van der Waals surface area contributed by atoms with Crippen molar-refractivity contribution in [2.24, 2.45) is 0 Å². The number of benzene rings is 1. The van der Waals surface area contributed by atoms with Gasteiger partial charge in [0.1, 0.15) is 5.65 Å². The van der Waals surface area contributed by atoms with Crippen molar-refractivity contribution in [2.45, 2.75) is 0 Å². The van der Waals surface area contributed by atoms with E-state index >= 15 is 0 Å². The molecule has 4 aromatic rings. The first-order chi connectivity index (χ1) is 13.3. The zero-order chi connectivity index (χ0) is 18.2. The number of H-pyrrole nitrogens is 2. The van der Waals surface area contributed by atoms with Crippen molar-refractivity contribution >= 4 is 16.7 Å². The zero-order valence-electron chi connectivity index (χ0n) is 15.3. The summed E-state index contributed by atoms with van der Waals surface area (Å²) in [4.78, 5) is 12.6. The molecule has 1 aliphatic heterocycles. The van der Waals surface area contributed by atoms with Crippen LogP contribution in [0.4, 0.5) is 5.69 Å². The van der Waals surface area contributed by atoms with Crippen LogP contribution in [0.15, 0.2) is 55.1 Å². The number of nitrogens with zero attached hydrogens (tertiary/aromatic N) is 4. The molecule has 3 aromatic heterocycles. The van der Waals surface area contributed by atoms with Gasteiger partial charge in [0.05, 0.1) is 6.20 Å². The van der Waals surface area contributed by atoms with E-state index in [-0.39, 0.29) is 0 Å². The average molecular weight is 358 g/mol. The molecule has 27 heavy (non-hydrogen) atoms. The lowest BCUT2D eigenvalue weighted by molar-refractivity contribution is 0.313. The summed E-state index contributed by atoms with van der Waals surface area (Å²) in [5.74, 6) is 0. The fraction of sp³-hybridized carbons (Fsp3) is 0.238. The van der Waals surface area contributed by atoms with E-state index in [1.165, 1.54) is 16.8 Å². The number of rotatable bonds is 3. The lowest BCUT2D eigenvalue weighted by Crippen LogP contribution is -2.44.